The zero-order valence-corrected chi connectivity index (χ0v) is 9.76. The number of rotatable bonds is 2. The van der Waals surface area contributed by atoms with Gasteiger partial charge in [-0.2, -0.15) is 0 Å². The number of nitrogens with one attached hydrogen (secondary N) is 1. The first kappa shape index (κ1) is 11.9. The molecule has 1 amide bonds. The molecule has 0 bridgehead atoms. The molecule has 1 fully saturated rings. The van der Waals surface area contributed by atoms with E-state index in [1.807, 2.05) is 30.3 Å². The number of para-hydroxylation sites is 1. The first-order valence-corrected chi connectivity index (χ1v) is 6.04. The van der Waals surface area contributed by atoms with Gasteiger partial charge in [0, 0.05) is 11.7 Å². The van der Waals surface area contributed by atoms with Gasteiger partial charge in [0.15, 0.2) is 0 Å². The van der Waals surface area contributed by atoms with E-state index in [2.05, 4.69) is 5.32 Å². The van der Waals surface area contributed by atoms with Crippen molar-refractivity contribution in [2.75, 3.05) is 5.32 Å². The summed E-state index contributed by atoms with van der Waals surface area (Å²) in [6.45, 7) is 0. The van der Waals surface area contributed by atoms with Crippen molar-refractivity contribution >= 4 is 11.8 Å². The number of carbonyl (C=O) groups is 1. The number of carbonyl (C=O) groups excluding carboxylic acids is 1. The molecule has 0 aromatic heterocycles. The monoisotopic (exact) mass is 234 g/mol. The molecule has 1 aliphatic carbocycles. The van der Waals surface area contributed by atoms with Crippen molar-refractivity contribution < 1.29 is 9.53 Å². The van der Waals surface area contributed by atoms with E-state index < -0.39 is 6.09 Å². The average molecular weight is 234 g/mol. The Labute approximate surface area is 101 Å². The highest BCUT2D eigenvalue weighted by atomic mass is 16.6. The summed E-state index contributed by atoms with van der Waals surface area (Å²) in [5, 5.41) is 2.69. The van der Waals surface area contributed by atoms with Gasteiger partial charge in [-0.25, -0.2) is 4.79 Å². The summed E-state index contributed by atoms with van der Waals surface area (Å²) in [7, 11) is 0. The van der Waals surface area contributed by atoms with Crippen molar-refractivity contribution in [3.63, 3.8) is 0 Å². The molecular weight excluding hydrogens is 216 g/mol. The van der Waals surface area contributed by atoms with E-state index in [1.54, 1.807) is 0 Å². The summed E-state index contributed by atoms with van der Waals surface area (Å²) in [5.74, 6) is 0. The zero-order valence-electron chi connectivity index (χ0n) is 9.76. The lowest BCUT2D eigenvalue weighted by Gasteiger charge is -2.28. The minimum Gasteiger partial charge on any atom is -0.444 e. The first-order valence-electron chi connectivity index (χ1n) is 6.04. The molecule has 2 rings (SSSR count). The van der Waals surface area contributed by atoms with Crippen molar-refractivity contribution in [1.82, 2.24) is 0 Å². The number of amides is 1. The second-order valence-electron chi connectivity index (χ2n) is 4.38. The molecule has 4 heteroatoms. The molecule has 4 nitrogen and oxygen atoms in total. The normalized spacial score (nSPS) is 24.1. The van der Waals surface area contributed by atoms with Crippen LogP contribution < -0.4 is 11.1 Å². The van der Waals surface area contributed by atoms with Gasteiger partial charge >= 0.3 is 6.09 Å². The smallest absolute Gasteiger partial charge is 0.411 e. The van der Waals surface area contributed by atoms with Gasteiger partial charge in [0.25, 0.3) is 0 Å². The number of benzene rings is 1. The van der Waals surface area contributed by atoms with Crippen LogP contribution in [-0.4, -0.2) is 18.2 Å². The molecule has 2 atom stereocenters. The Balaban J connectivity index is 1.84. The molecular formula is C13H18N2O2. The summed E-state index contributed by atoms with van der Waals surface area (Å²) in [6, 6.07) is 9.24. The van der Waals surface area contributed by atoms with Gasteiger partial charge in [-0.3, -0.25) is 5.32 Å². The summed E-state index contributed by atoms with van der Waals surface area (Å²) in [5.41, 5.74) is 6.65. The largest absolute Gasteiger partial charge is 0.444 e. The topological polar surface area (TPSA) is 64.3 Å². The van der Waals surface area contributed by atoms with E-state index in [4.69, 9.17) is 10.5 Å². The second kappa shape index (κ2) is 5.68. The SMILES string of the molecule is N[C@H]1CCCC[C@@H]1OC(=O)Nc1ccccc1. The lowest BCUT2D eigenvalue weighted by molar-refractivity contribution is 0.0728. The Bertz CT molecular complexity index is 367. The van der Waals surface area contributed by atoms with Crippen molar-refractivity contribution in [2.24, 2.45) is 5.73 Å². The second-order valence-corrected chi connectivity index (χ2v) is 4.38. The maximum Gasteiger partial charge on any atom is 0.411 e. The summed E-state index contributed by atoms with van der Waals surface area (Å²) in [6.07, 6.45) is 3.44. The Morgan fingerprint density at radius 2 is 1.94 bits per heavy atom. The Morgan fingerprint density at radius 1 is 1.24 bits per heavy atom. The fourth-order valence-corrected chi connectivity index (χ4v) is 2.08. The molecule has 0 unspecified atom stereocenters. The van der Waals surface area contributed by atoms with Crippen molar-refractivity contribution in [3.05, 3.63) is 30.3 Å². The van der Waals surface area contributed by atoms with Crippen LogP contribution in [0.3, 0.4) is 0 Å². The van der Waals surface area contributed by atoms with Crippen LogP contribution in [0.4, 0.5) is 10.5 Å². The fourth-order valence-electron chi connectivity index (χ4n) is 2.08. The fraction of sp³-hybridized carbons (Fsp3) is 0.462. The van der Waals surface area contributed by atoms with E-state index in [9.17, 15) is 4.79 Å². The van der Waals surface area contributed by atoms with Crippen LogP contribution in [0.2, 0.25) is 0 Å². The molecule has 0 aliphatic heterocycles. The molecule has 1 aromatic carbocycles. The third-order valence-electron chi connectivity index (χ3n) is 3.03. The van der Waals surface area contributed by atoms with Crippen LogP contribution in [0.15, 0.2) is 30.3 Å². The minimum atomic E-state index is -0.418. The molecule has 0 radical (unpaired) electrons. The van der Waals surface area contributed by atoms with E-state index in [-0.39, 0.29) is 12.1 Å². The summed E-state index contributed by atoms with van der Waals surface area (Å²) >= 11 is 0. The summed E-state index contributed by atoms with van der Waals surface area (Å²) in [4.78, 5) is 11.6. The number of ether oxygens (including phenoxy) is 1. The minimum absolute atomic E-state index is 0.0229. The van der Waals surface area contributed by atoms with Crippen molar-refractivity contribution in [1.29, 1.82) is 0 Å². The highest BCUT2D eigenvalue weighted by molar-refractivity contribution is 5.84. The quantitative estimate of drug-likeness (QED) is 0.826. The summed E-state index contributed by atoms with van der Waals surface area (Å²) < 4.78 is 5.33. The molecule has 3 N–H and O–H groups in total. The van der Waals surface area contributed by atoms with Crippen molar-refractivity contribution in [2.45, 2.75) is 37.8 Å². The number of anilines is 1. The highest BCUT2D eigenvalue weighted by Gasteiger charge is 2.25. The van der Waals surface area contributed by atoms with Gasteiger partial charge in [0.1, 0.15) is 6.10 Å². The van der Waals surface area contributed by atoms with Gasteiger partial charge in [0.2, 0.25) is 0 Å². The number of hydrogen-bond acceptors (Lipinski definition) is 3. The first-order chi connectivity index (χ1) is 8.25. The van der Waals surface area contributed by atoms with E-state index in [1.165, 1.54) is 0 Å². The third-order valence-corrected chi connectivity index (χ3v) is 3.03. The highest BCUT2D eigenvalue weighted by Crippen LogP contribution is 2.20. The van der Waals surface area contributed by atoms with Crippen LogP contribution >= 0.6 is 0 Å². The molecule has 0 heterocycles. The van der Waals surface area contributed by atoms with Crippen LogP contribution in [0.5, 0.6) is 0 Å². The van der Waals surface area contributed by atoms with Gasteiger partial charge in [-0.05, 0) is 31.4 Å². The Morgan fingerprint density at radius 3 is 2.65 bits per heavy atom. The van der Waals surface area contributed by atoms with Crippen LogP contribution in [0.25, 0.3) is 0 Å². The lowest BCUT2D eigenvalue weighted by atomic mass is 9.93. The zero-order chi connectivity index (χ0) is 12.1. The van der Waals surface area contributed by atoms with E-state index in [0.717, 1.165) is 31.4 Å². The predicted molar refractivity (Wildman–Crippen MR) is 66.8 cm³/mol. The molecule has 0 saturated heterocycles. The Hall–Kier alpha value is -1.55. The maximum absolute atomic E-state index is 11.6. The molecule has 92 valence electrons. The molecule has 0 spiro atoms. The van der Waals surface area contributed by atoms with Crippen LogP contribution in [0.1, 0.15) is 25.7 Å². The van der Waals surface area contributed by atoms with E-state index in [0.29, 0.717) is 0 Å². The van der Waals surface area contributed by atoms with Gasteiger partial charge in [0.05, 0.1) is 0 Å². The Kier molecular flexibility index (Phi) is 3.98. The average Bonchev–Trinajstić information content (AvgIpc) is 2.33. The maximum atomic E-state index is 11.6. The van der Waals surface area contributed by atoms with E-state index >= 15 is 0 Å². The molecule has 1 saturated carbocycles. The predicted octanol–water partition coefficient (Wildman–Crippen LogP) is 2.51. The number of hydrogen-bond donors (Lipinski definition) is 2. The standard InChI is InChI=1S/C13H18N2O2/c14-11-8-4-5-9-12(11)17-13(16)15-10-6-2-1-3-7-10/h1-3,6-7,11-12H,4-5,8-9,14H2,(H,15,16)/t11-,12-/m0/s1. The van der Waals surface area contributed by atoms with Crippen molar-refractivity contribution in [3.8, 4) is 0 Å². The van der Waals surface area contributed by atoms with Gasteiger partial charge in [-0.15, -0.1) is 0 Å². The van der Waals surface area contributed by atoms with Crippen LogP contribution in [0, 0.1) is 0 Å². The van der Waals surface area contributed by atoms with Gasteiger partial charge in [-0.1, -0.05) is 24.6 Å². The molecule has 1 aliphatic rings. The molecule has 17 heavy (non-hydrogen) atoms. The van der Waals surface area contributed by atoms with Gasteiger partial charge < -0.3 is 10.5 Å². The number of nitrogens with two attached hydrogens (primary N) is 1. The lowest BCUT2D eigenvalue weighted by Crippen LogP contribution is -2.41. The van der Waals surface area contributed by atoms with Crippen LogP contribution in [-0.2, 0) is 4.74 Å². The third kappa shape index (κ3) is 3.46. The molecule has 1 aromatic rings.